The Morgan fingerprint density at radius 2 is 1.89 bits per heavy atom. The minimum absolute atomic E-state index is 0.0481. The van der Waals surface area contributed by atoms with Crippen molar-refractivity contribution in [3.8, 4) is 6.07 Å². The molecule has 3 saturated heterocycles. The van der Waals surface area contributed by atoms with Crippen molar-refractivity contribution in [1.29, 1.82) is 5.26 Å². The monoisotopic (exact) mass is 375 g/mol. The molecule has 8 heteroatoms. The first-order valence-electron chi connectivity index (χ1n) is 8.99. The first-order valence-corrected chi connectivity index (χ1v) is 8.99. The molecule has 2 bridgehead atoms. The molecule has 2 amide bonds. The maximum absolute atomic E-state index is 13.3. The first kappa shape index (κ1) is 16.8. The number of imide groups is 1. The van der Waals surface area contributed by atoms with Gasteiger partial charge in [0.25, 0.3) is 0 Å². The molecule has 3 aliphatic heterocycles. The van der Waals surface area contributed by atoms with Gasteiger partial charge in [-0.15, -0.1) is 0 Å². The molecule has 5 aliphatic rings. The Labute approximate surface area is 153 Å². The third-order valence-corrected chi connectivity index (χ3v) is 6.77. The van der Waals surface area contributed by atoms with Crippen molar-refractivity contribution in [2.45, 2.75) is 31.6 Å². The van der Waals surface area contributed by atoms with Gasteiger partial charge in [0.2, 0.25) is 11.8 Å². The molecule has 2 aliphatic carbocycles. The van der Waals surface area contributed by atoms with Crippen molar-refractivity contribution >= 4 is 17.5 Å². The number of fused-ring (bicyclic) bond motifs is 1. The van der Waals surface area contributed by atoms with Crippen molar-refractivity contribution in [2.75, 3.05) is 4.90 Å². The number of hydrogen-bond donors (Lipinski definition) is 1. The number of nitrogens with zero attached hydrogens (tertiary/aromatic N) is 2. The highest BCUT2D eigenvalue weighted by Gasteiger charge is 2.70. The third-order valence-electron chi connectivity index (χ3n) is 6.77. The van der Waals surface area contributed by atoms with Gasteiger partial charge in [-0.1, -0.05) is 0 Å². The van der Waals surface area contributed by atoms with Gasteiger partial charge in [0.15, 0.2) is 0 Å². The van der Waals surface area contributed by atoms with Crippen molar-refractivity contribution in [3.05, 3.63) is 29.3 Å². The van der Waals surface area contributed by atoms with Gasteiger partial charge in [0.1, 0.15) is 0 Å². The van der Waals surface area contributed by atoms with E-state index in [0.717, 1.165) is 23.5 Å². The van der Waals surface area contributed by atoms with Crippen LogP contribution in [0.3, 0.4) is 0 Å². The molecule has 2 saturated carbocycles. The highest BCUT2D eigenvalue weighted by molar-refractivity contribution is 6.22. The maximum Gasteiger partial charge on any atom is 0.417 e. The van der Waals surface area contributed by atoms with Crippen LogP contribution in [-0.2, 0) is 15.8 Å². The minimum atomic E-state index is -4.74. The van der Waals surface area contributed by atoms with E-state index >= 15 is 0 Å². The van der Waals surface area contributed by atoms with Gasteiger partial charge in [-0.25, -0.2) is 4.90 Å². The summed E-state index contributed by atoms with van der Waals surface area (Å²) in [5, 5.41) is 12.4. The van der Waals surface area contributed by atoms with E-state index in [1.54, 1.807) is 0 Å². The molecule has 0 spiro atoms. The fraction of sp³-hybridized carbons (Fsp3) is 0.526. The molecule has 140 valence electrons. The third kappa shape index (κ3) is 2.09. The van der Waals surface area contributed by atoms with Crippen LogP contribution >= 0.6 is 0 Å². The van der Waals surface area contributed by atoms with Crippen LogP contribution < -0.4 is 10.2 Å². The van der Waals surface area contributed by atoms with Crippen molar-refractivity contribution in [1.82, 2.24) is 5.32 Å². The summed E-state index contributed by atoms with van der Waals surface area (Å²) in [6.45, 7) is 2.01. The Kier molecular flexibility index (Phi) is 3.17. The number of carbonyl (C=O) groups excluding carboxylic acids is 2. The summed E-state index contributed by atoms with van der Waals surface area (Å²) in [4.78, 5) is 27.1. The highest BCUT2D eigenvalue weighted by atomic mass is 19.4. The van der Waals surface area contributed by atoms with Crippen LogP contribution in [0, 0.1) is 40.9 Å². The Morgan fingerprint density at radius 3 is 2.56 bits per heavy atom. The zero-order valence-corrected chi connectivity index (χ0v) is 14.3. The van der Waals surface area contributed by atoms with Crippen molar-refractivity contribution in [2.24, 2.45) is 29.6 Å². The second-order valence-electron chi connectivity index (χ2n) is 8.02. The minimum Gasteiger partial charge on any atom is -0.310 e. The van der Waals surface area contributed by atoms with Gasteiger partial charge >= 0.3 is 6.18 Å². The number of nitriles is 1. The van der Waals surface area contributed by atoms with Gasteiger partial charge < -0.3 is 5.32 Å². The summed E-state index contributed by atoms with van der Waals surface area (Å²) < 4.78 is 39.9. The zero-order valence-electron chi connectivity index (χ0n) is 14.3. The molecule has 1 N–H and O–H groups in total. The fourth-order valence-corrected chi connectivity index (χ4v) is 5.70. The number of anilines is 1. The molecule has 7 atom stereocenters. The number of rotatable bonds is 1. The maximum atomic E-state index is 13.3. The van der Waals surface area contributed by atoms with E-state index in [1.165, 1.54) is 12.1 Å². The van der Waals surface area contributed by atoms with Crippen LogP contribution in [-0.4, -0.2) is 23.9 Å². The lowest BCUT2D eigenvalue weighted by atomic mass is 9.64. The summed E-state index contributed by atoms with van der Waals surface area (Å²) in [5.41, 5.74) is -1.76. The molecule has 1 aromatic carbocycles. The van der Waals surface area contributed by atoms with E-state index in [1.807, 2.05) is 6.92 Å². The highest BCUT2D eigenvalue weighted by Crippen LogP contribution is 2.63. The second-order valence-corrected chi connectivity index (χ2v) is 8.02. The molecule has 1 aromatic rings. The number of nitrogens with one attached hydrogen (secondary N) is 1. The quantitative estimate of drug-likeness (QED) is 0.765. The number of alkyl halides is 3. The lowest BCUT2D eigenvalue weighted by molar-refractivity contribution is -0.138. The molecule has 0 radical (unpaired) electrons. The molecular formula is C19H16F3N3O2. The Bertz CT molecular complexity index is 920. The van der Waals surface area contributed by atoms with Crippen LogP contribution in [0.1, 0.15) is 24.5 Å². The second kappa shape index (κ2) is 5.10. The number of hydrogen-bond acceptors (Lipinski definition) is 4. The Morgan fingerprint density at radius 1 is 1.19 bits per heavy atom. The van der Waals surface area contributed by atoms with Crippen LogP contribution in [0.4, 0.5) is 18.9 Å². The molecule has 5 fully saturated rings. The van der Waals surface area contributed by atoms with Gasteiger partial charge in [-0.2, -0.15) is 18.4 Å². The largest absolute Gasteiger partial charge is 0.417 e. The predicted molar refractivity (Wildman–Crippen MR) is 87.1 cm³/mol. The number of piperidine rings is 2. The zero-order chi connectivity index (χ0) is 19.2. The average Bonchev–Trinajstić information content (AvgIpc) is 3.37. The topological polar surface area (TPSA) is 73.2 Å². The van der Waals surface area contributed by atoms with E-state index in [-0.39, 0.29) is 23.7 Å². The summed E-state index contributed by atoms with van der Waals surface area (Å²) in [6, 6.07) is 4.56. The molecular weight excluding hydrogens is 359 g/mol. The smallest absolute Gasteiger partial charge is 0.310 e. The van der Waals surface area contributed by atoms with Crippen LogP contribution in [0.2, 0.25) is 0 Å². The molecule has 6 rings (SSSR count). The van der Waals surface area contributed by atoms with Gasteiger partial charge in [0.05, 0.1) is 34.7 Å². The Balaban J connectivity index is 1.57. The van der Waals surface area contributed by atoms with Crippen LogP contribution in [0.15, 0.2) is 18.2 Å². The van der Waals surface area contributed by atoms with Gasteiger partial charge in [-0.3, -0.25) is 9.59 Å². The number of halogens is 3. The fourth-order valence-electron chi connectivity index (χ4n) is 5.70. The lowest BCUT2D eigenvalue weighted by Gasteiger charge is -2.47. The summed E-state index contributed by atoms with van der Waals surface area (Å²) in [6.07, 6.45) is -3.73. The predicted octanol–water partition coefficient (Wildman–Crippen LogP) is 2.31. The van der Waals surface area contributed by atoms with Crippen molar-refractivity contribution in [3.63, 3.8) is 0 Å². The van der Waals surface area contributed by atoms with E-state index in [4.69, 9.17) is 5.26 Å². The number of amides is 2. The normalized spacial score (nSPS) is 39.2. The Hall–Kier alpha value is -2.40. The van der Waals surface area contributed by atoms with E-state index < -0.39 is 41.0 Å². The van der Waals surface area contributed by atoms with Crippen molar-refractivity contribution < 1.29 is 22.8 Å². The molecule has 0 aromatic heterocycles. The van der Waals surface area contributed by atoms with E-state index in [0.29, 0.717) is 11.8 Å². The van der Waals surface area contributed by atoms with E-state index in [2.05, 4.69) is 5.32 Å². The van der Waals surface area contributed by atoms with Gasteiger partial charge in [-0.05, 0) is 49.3 Å². The SMILES string of the molecule is CC1N[C@@H]2[C@@H]3C[C@@H]3C1[C@H]1C(=O)N(c3ccc(C#N)c(C(F)(F)F)c3)C(=O)[C@@H]21. The standard InChI is InChI=1S/C19H16F3N3O2/c1-7-13-10-5-11(10)16(24-7)15-14(13)17(26)25(18(15)27)9-3-2-8(6-23)12(4-9)19(20,21)22/h2-4,7,10-11,13-16,24H,5H2,1H3/t7?,10-,11+,13?,14+,15+,16+/m0/s1. The lowest BCUT2D eigenvalue weighted by Crippen LogP contribution is -2.62. The summed E-state index contributed by atoms with van der Waals surface area (Å²) in [5.74, 6) is -0.947. The van der Waals surface area contributed by atoms with Crippen LogP contribution in [0.5, 0.6) is 0 Å². The summed E-state index contributed by atoms with van der Waals surface area (Å²) in [7, 11) is 0. The molecule has 2 unspecified atom stereocenters. The molecule has 3 heterocycles. The van der Waals surface area contributed by atoms with Crippen LogP contribution in [0.25, 0.3) is 0 Å². The number of carbonyl (C=O) groups is 2. The van der Waals surface area contributed by atoms with Gasteiger partial charge in [0, 0.05) is 12.1 Å². The number of benzene rings is 1. The molecule has 5 nitrogen and oxygen atoms in total. The van der Waals surface area contributed by atoms with E-state index in [9.17, 15) is 22.8 Å². The summed E-state index contributed by atoms with van der Waals surface area (Å²) >= 11 is 0. The average molecular weight is 375 g/mol. The first-order chi connectivity index (χ1) is 12.7. The molecule has 27 heavy (non-hydrogen) atoms.